The summed E-state index contributed by atoms with van der Waals surface area (Å²) in [4.78, 5) is 0. The molecule has 0 amide bonds. The van der Waals surface area contributed by atoms with E-state index in [-0.39, 0.29) is 18.4 Å². The van der Waals surface area contributed by atoms with Crippen LogP contribution in [0.2, 0.25) is 0 Å². The first-order valence-electron chi connectivity index (χ1n) is 5.80. The molecule has 0 aromatic carbocycles. The average molecular weight is 220 g/mol. The molecule has 0 aromatic rings. The van der Waals surface area contributed by atoms with Crippen molar-refractivity contribution in [2.45, 2.75) is 64.4 Å². The molecule has 15 heavy (non-hydrogen) atoms. The van der Waals surface area contributed by atoms with E-state index in [1.54, 1.807) is 0 Å². The van der Waals surface area contributed by atoms with Gasteiger partial charge in [0.1, 0.15) is 0 Å². The van der Waals surface area contributed by atoms with Gasteiger partial charge in [-0.2, -0.15) is 0 Å². The van der Waals surface area contributed by atoms with Crippen molar-refractivity contribution < 1.29 is 13.5 Å². The Bertz CT molecular complexity index is 186. The van der Waals surface area contributed by atoms with Gasteiger partial charge in [-0.3, -0.25) is 0 Å². The fourth-order valence-electron chi connectivity index (χ4n) is 1.92. The lowest BCUT2D eigenvalue weighted by atomic mass is 9.85. The van der Waals surface area contributed by atoms with Gasteiger partial charge in [0, 0.05) is 19.4 Å². The van der Waals surface area contributed by atoms with Crippen molar-refractivity contribution in [3.63, 3.8) is 0 Å². The molecule has 1 nitrogen and oxygen atoms in total. The third-order valence-electron chi connectivity index (χ3n) is 2.90. The minimum atomic E-state index is -2.40. The van der Waals surface area contributed by atoms with Gasteiger partial charge < -0.3 is 4.74 Å². The minimum Gasteiger partial charge on any atom is -0.376 e. The van der Waals surface area contributed by atoms with Gasteiger partial charge in [-0.05, 0) is 46.0 Å². The van der Waals surface area contributed by atoms with E-state index in [1.165, 1.54) is 0 Å². The van der Waals surface area contributed by atoms with E-state index < -0.39 is 5.92 Å². The predicted molar refractivity (Wildman–Crippen MR) is 57.2 cm³/mol. The van der Waals surface area contributed by atoms with Crippen LogP contribution in [0.5, 0.6) is 0 Å². The molecule has 0 aromatic heterocycles. The summed E-state index contributed by atoms with van der Waals surface area (Å²) in [7, 11) is 0. The number of ether oxygens (including phenoxy) is 1. The molecule has 1 aliphatic carbocycles. The summed E-state index contributed by atoms with van der Waals surface area (Å²) in [5.74, 6) is -1.96. The topological polar surface area (TPSA) is 9.23 Å². The van der Waals surface area contributed by atoms with E-state index in [0.717, 1.165) is 6.42 Å². The Hall–Kier alpha value is -0.180. The molecule has 1 fully saturated rings. The molecule has 0 N–H and O–H groups in total. The highest BCUT2D eigenvalue weighted by atomic mass is 19.3. The van der Waals surface area contributed by atoms with Gasteiger partial charge in [0.15, 0.2) is 0 Å². The number of hydrogen-bond acceptors (Lipinski definition) is 1. The molecule has 0 radical (unpaired) electrons. The Balaban J connectivity index is 2.14. The molecule has 90 valence electrons. The molecule has 0 unspecified atom stereocenters. The molecule has 1 saturated carbocycles. The first kappa shape index (κ1) is 12.9. The summed E-state index contributed by atoms with van der Waals surface area (Å²) in [5.41, 5.74) is -0.112. The lowest BCUT2D eigenvalue weighted by Gasteiger charge is -2.29. The Morgan fingerprint density at radius 1 is 1.20 bits per heavy atom. The molecular weight excluding hydrogens is 198 g/mol. The third-order valence-corrected chi connectivity index (χ3v) is 2.90. The summed E-state index contributed by atoms with van der Waals surface area (Å²) in [6.45, 7) is 6.74. The second-order valence-electron chi connectivity index (χ2n) is 5.55. The largest absolute Gasteiger partial charge is 0.376 e. The van der Waals surface area contributed by atoms with Crippen molar-refractivity contribution in [1.29, 1.82) is 0 Å². The predicted octanol–water partition coefficient (Wildman–Crippen LogP) is 4.02. The fraction of sp³-hybridized carbons (Fsp3) is 1.00. The lowest BCUT2D eigenvalue weighted by Crippen LogP contribution is -2.26. The molecule has 1 aliphatic rings. The molecule has 0 atom stereocenters. The molecule has 3 heteroatoms. The van der Waals surface area contributed by atoms with Crippen molar-refractivity contribution in [3.05, 3.63) is 0 Å². The zero-order chi connectivity index (χ0) is 11.5. The van der Waals surface area contributed by atoms with Gasteiger partial charge in [0.05, 0.1) is 5.60 Å². The van der Waals surface area contributed by atoms with Gasteiger partial charge in [0.2, 0.25) is 5.92 Å². The van der Waals surface area contributed by atoms with E-state index in [4.69, 9.17) is 4.74 Å². The minimum absolute atomic E-state index is 0.0627. The first-order chi connectivity index (χ1) is 6.79. The maximum atomic E-state index is 12.9. The third kappa shape index (κ3) is 5.45. The number of rotatable bonds is 3. The average Bonchev–Trinajstić information content (AvgIpc) is 2.06. The maximum absolute atomic E-state index is 12.9. The molecule has 0 spiro atoms. The summed E-state index contributed by atoms with van der Waals surface area (Å²) in [6, 6.07) is 0. The first-order valence-corrected chi connectivity index (χ1v) is 5.80. The number of hydrogen-bond donors (Lipinski definition) is 0. The van der Waals surface area contributed by atoms with Crippen LogP contribution in [0.4, 0.5) is 8.78 Å². The smallest absolute Gasteiger partial charge is 0.248 e. The monoisotopic (exact) mass is 220 g/mol. The van der Waals surface area contributed by atoms with Crippen molar-refractivity contribution in [2.75, 3.05) is 6.61 Å². The zero-order valence-electron chi connectivity index (χ0n) is 9.98. The van der Waals surface area contributed by atoms with Crippen LogP contribution >= 0.6 is 0 Å². The Morgan fingerprint density at radius 2 is 1.73 bits per heavy atom. The zero-order valence-corrected chi connectivity index (χ0v) is 9.98. The summed E-state index contributed by atoms with van der Waals surface area (Å²) in [6.07, 6.45) is 2.36. The van der Waals surface area contributed by atoms with Gasteiger partial charge in [-0.1, -0.05) is 0 Å². The quantitative estimate of drug-likeness (QED) is 0.698. The van der Waals surface area contributed by atoms with E-state index >= 15 is 0 Å². The molecule has 0 saturated heterocycles. The van der Waals surface area contributed by atoms with E-state index in [0.29, 0.717) is 25.4 Å². The second-order valence-corrected chi connectivity index (χ2v) is 5.55. The fourth-order valence-corrected chi connectivity index (χ4v) is 1.92. The highest BCUT2D eigenvalue weighted by Crippen LogP contribution is 2.37. The van der Waals surface area contributed by atoms with Crippen molar-refractivity contribution in [1.82, 2.24) is 0 Å². The van der Waals surface area contributed by atoms with Gasteiger partial charge in [-0.25, -0.2) is 8.78 Å². The van der Waals surface area contributed by atoms with Crippen LogP contribution in [-0.4, -0.2) is 18.1 Å². The summed E-state index contributed by atoms with van der Waals surface area (Å²) in [5, 5.41) is 0. The highest BCUT2D eigenvalue weighted by Gasteiger charge is 2.34. The van der Waals surface area contributed by atoms with E-state index in [2.05, 4.69) is 0 Å². The Morgan fingerprint density at radius 3 is 2.20 bits per heavy atom. The van der Waals surface area contributed by atoms with Crippen molar-refractivity contribution in [3.8, 4) is 0 Å². The normalized spacial score (nSPS) is 23.0. The van der Waals surface area contributed by atoms with Crippen LogP contribution in [0.3, 0.4) is 0 Å². The van der Waals surface area contributed by atoms with Crippen molar-refractivity contribution in [2.24, 2.45) is 5.92 Å². The lowest BCUT2D eigenvalue weighted by molar-refractivity contribution is -0.0555. The van der Waals surface area contributed by atoms with Crippen LogP contribution < -0.4 is 0 Å². The van der Waals surface area contributed by atoms with Crippen LogP contribution in [0.1, 0.15) is 52.9 Å². The van der Waals surface area contributed by atoms with Gasteiger partial charge >= 0.3 is 0 Å². The van der Waals surface area contributed by atoms with Crippen molar-refractivity contribution >= 4 is 0 Å². The van der Waals surface area contributed by atoms with Crippen LogP contribution in [0.25, 0.3) is 0 Å². The molecular formula is C12H22F2O. The van der Waals surface area contributed by atoms with E-state index in [1.807, 2.05) is 20.8 Å². The van der Waals surface area contributed by atoms with Gasteiger partial charge in [-0.15, -0.1) is 0 Å². The van der Waals surface area contributed by atoms with Crippen LogP contribution in [-0.2, 0) is 4.74 Å². The Labute approximate surface area is 91.2 Å². The standard InChI is InChI=1S/C12H22F2O/c1-11(2,3)15-9-6-10-4-7-12(13,14)8-5-10/h10H,4-9H2,1-3H3. The number of halogens is 2. The second kappa shape index (κ2) is 4.77. The summed E-state index contributed by atoms with van der Waals surface area (Å²) < 4.78 is 31.3. The SMILES string of the molecule is CC(C)(C)OCCC1CCC(F)(F)CC1. The van der Waals surface area contributed by atoms with Gasteiger partial charge in [0.25, 0.3) is 0 Å². The van der Waals surface area contributed by atoms with Crippen LogP contribution in [0, 0.1) is 5.92 Å². The number of alkyl halides is 2. The molecule has 0 bridgehead atoms. The highest BCUT2D eigenvalue weighted by molar-refractivity contribution is 4.77. The van der Waals surface area contributed by atoms with E-state index in [9.17, 15) is 8.78 Å². The summed E-state index contributed by atoms with van der Waals surface area (Å²) >= 11 is 0. The molecule has 1 rings (SSSR count). The Kier molecular flexibility index (Phi) is 4.10. The van der Waals surface area contributed by atoms with Crippen LogP contribution in [0.15, 0.2) is 0 Å². The molecule has 0 aliphatic heterocycles. The maximum Gasteiger partial charge on any atom is 0.248 e. The molecule has 0 heterocycles.